The van der Waals surface area contributed by atoms with Crippen molar-refractivity contribution >= 4 is 11.8 Å². The number of carboxylic acid groups (broad SMARTS) is 1. The van der Waals surface area contributed by atoms with Crippen LogP contribution in [0.15, 0.2) is 17.2 Å². The highest BCUT2D eigenvalue weighted by atomic mass is 16.4. The molecule has 1 rings (SSSR count). The molecule has 1 aromatic rings. The molecule has 2 N–H and O–H groups in total. The van der Waals surface area contributed by atoms with E-state index in [2.05, 4.69) is 10.3 Å². The van der Waals surface area contributed by atoms with Gasteiger partial charge in [0.25, 0.3) is 5.56 Å². The van der Waals surface area contributed by atoms with Gasteiger partial charge in [-0.3, -0.25) is 9.59 Å². The molecular weight excluding hydrogens is 210 g/mol. The minimum Gasteiger partial charge on any atom is -0.481 e. The van der Waals surface area contributed by atoms with Crippen molar-refractivity contribution in [2.75, 3.05) is 5.32 Å². The number of nitrogens with one attached hydrogen (secondary N) is 1. The lowest BCUT2D eigenvalue weighted by atomic mass is 10.2. The summed E-state index contributed by atoms with van der Waals surface area (Å²) in [6.45, 7) is 4.10. The molecule has 1 unspecified atom stereocenters. The first kappa shape index (κ1) is 12.2. The molecule has 0 aliphatic carbocycles. The van der Waals surface area contributed by atoms with Crippen LogP contribution in [0.5, 0.6) is 0 Å². The maximum absolute atomic E-state index is 11.7. The van der Waals surface area contributed by atoms with E-state index < -0.39 is 5.97 Å². The van der Waals surface area contributed by atoms with Gasteiger partial charge >= 0.3 is 5.97 Å². The highest BCUT2D eigenvalue weighted by Crippen LogP contribution is 2.00. The number of anilines is 1. The van der Waals surface area contributed by atoms with E-state index in [9.17, 15) is 9.59 Å². The maximum Gasteiger partial charge on any atom is 0.305 e. The molecule has 0 bridgehead atoms. The van der Waals surface area contributed by atoms with Crippen LogP contribution in [0.1, 0.15) is 20.3 Å². The first-order valence-electron chi connectivity index (χ1n) is 5.08. The lowest BCUT2D eigenvalue weighted by Crippen LogP contribution is -2.28. The van der Waals surface area contributed by atoms with Crippen LogP contribution >= 0.6 is 0 Å². The summed E-state index contributed by atoms with van der Waals surface area (Å²) >= 11 is 0. The molecule has 0 aliphatic heterocycles. The largest absolute Gasteiger partial charge is 0.481 e. The fourth-order valence-corrected chi connectivity index (χ4v) is 1.34. The second kappa shape index (κ2) is 5.29. The molecule has 0 aromatic carbocycles. The van der Waals surface area contributed by atoms with Gasteiger partial charge in [-0.25, -0.2) is 4.98 Å². The second-order valence-electron chi connectivity index (χ2n) is 3.51. The average Bonchev–Trinajstić information content (AvgIpc) is 2.20. The summed E-state index contributed by atoms with van der Waals surface area (Å²) in [5.74, 6) is -0.718. The van der Waals surface area contributed by atoms with Gasteiger partial charge in [-0.05, 0) is 13.8 Å². The Hall–Kier alpha value is -1.85. The van der Waals surface area contributed by atoms with Crippen LogP contribution in [0.4, 0.5) is 5.82 Å². The van der Waals surface area contributed by atoms with Gasteiger partial charge < -0.3 is 15.0 Å². The molecule has 16 heavy (non-hydrogen) atoms. The van der Waals surface area contributed by atoms with Crippen LogP contribution in [0.25, 0.3) is 0 Å². The Morgan fingerprint density at radius 2 is 2.38 bits per heavy atom. The number of rotatable bonds is 5. The third-order valence-electron chi connectivity index (χ3n) is 2.12. The summed E-state index contributed by atoms with van der Waals surface area (Å²) in [6, 6.07) is -0.328. The van der Waals surface area contributed by atoms with Gasteiger partial charge in [0.15, 0.2) is 5.82 Å². The van der Waals surface area contributed by atoms with Gasteiger partial charge in [0.2, 0.25) is 0 Å². The van der Waals surface area contributed by atoms with E-state index in [0.29, 0.717) is 6.54 Å². The molecule has 1 aromatic heterocycles. The first-order valence-corrected chi connectivity index (χ1v) is 5.08. The highest BCUT2D eigenvalue weighted by Gasteiger charge is 2.10. The molecule has 0 saturated carbocycles. The molecule has 1 atom stereocenters. The molecule has 6 nitrogen and oxygen atoms in total. The number of aryl methyl sites for hydroxylation is 1. The summed E-state index contributed by atoms with van der Waals surface area (Å²) in [4.78, 5) is 26.1. The predicted octanol–water partition coefficient (Wildman–Crippen LogP) is 0.538. The lowest BCUT2D eigenvalue weighted by molar-refractivity contribution is -0.137. The van der Waals surface area contributed by atoms with Crippen LogP contribution in [0.2, 0.25) is 0 Å². The zero-order valence-electron chi connectivity index (χ0n) is 9.30. The summed E-state index contributed by atoms with van der Waals surface area (Å²) < 4.78 is 1.50. The topological polar surface area (TPSA) is 84.2 Å². The van der Waals surface area contributed by atoms with Crippen LogP contribution in [-0.4, -0.2) is 26.7 Å². The summed E-state index contributed by atoms with van der Waals surface area (Å²) in [5.41, 5.74) is -0.234. The first-order chi connectivity index (χ1) is 7.54. The minimum absolute atomic E-state index is 0.0534. The molecular formula is C10H15N3O3. The van der Waals surface area contributed by atoms with E-state index in [1.54, 1.807) is 13.1 Å². The number of nitrogens with zero attached hydrogens (tertiary/aromatic N) is 2. The Kier molecular flexibility index (Phi) is 4.04. The van der Waals surface area contributed by atoms with Crippen molar-refractivity contribution in [1.29, 1.82) is 0 Å². The van der Waals surface area contributed by atoms with Crippen molar-refractivity contribution < 1.29 is 9.90 Å². The molecule has 0 spiro atoms. The van der Waals surface area contributed by atoms with E-state index in [4.69, 9.17) is 5.11 Å². The van der Waals surface area contributed by atoms with Crippen molar-refractivity contribution in [3.8, 4) is 0 Å². The van der Waals surface area contributed by atoms with Gasteiger partial charge in [0, 0.05) is 25.0 Å². The summed E-state index contributed by atoms with van der Waals surface area (Å²) in [6.07, 6.45) is 3.05. The number of carboxylic acids is 1. The average molecular weight is 225 g/mol. The number of carbonyl (C=O) groups is 1. The fourth-order valence-electron chi connectivity index (χ4n) is 1.34. The van der Waals surface area contributed by atoms with Crippen molar-refractivity contribution in [3.63, 3.8) is 0 Å². The third-order valence-corrected chi connectivity index (χ3v) is 2.12. The summed E-state index contributed by atoms with van der Waals surface area (Å²) in [7, 11) is 0. The van der Waals surface area contributed by atoms with Crippen molar-refractivity contribution in [1.82, 2.24) is 9.55 Å². The molecule has 88 valence electrons. The van der Waals surface area contributed by atoms with Crippen molar-refractivity contribution in [3.05, 3.63) is 22.7 Å². The van der Waals surface area contributed by atoms with Crippen molar-refractivity contribution in [2.45, 2.75) is 32.9 Å². The molecule has 0 aliphatic rings. The van der Waals surface area contributed by atoms with E-state index in [-0.39, 0.29) is 23.8 Å². The smallest absolute Gasteiger partial charge is 0.305 e. The lowest BCUT2D eigenvalue weighted by Gasteiger charge is -2.12. The molecule has 0 radical (unpaired) electrons. The Balaban J connectivity index is 2.81. The maximum atomic E-state index is 11.7. The zero-order valence-corrected chi connectivity index (χ0v) is 9.30. The standard InChI is InChI=1S/C10H15N3O3/c1-3-13-5-4-11-9(10(13)16)12-7(2)6-8(14)15/h4-5,7H,3,6H2,1-2H3,(H,11,12)(H,14,15). The Labute approximate surface area is 92.9 Å². The second-order valence-corrected chi connectivity index (χ2v) is 3.51. The van der Waals surface area contributed by atoms with E-state index in [1.165, 1.54) is 10.8 Å². The Morgan fingerprint density at radius 1 is 1.69 bits per heavy atom. The molecule has 0 amide bonds. The van der Waals surface area contributed by atoms with Crippen molar-refractivity contribution in [2.24, 2.45) is 0 Å². The number of hydrogen-bond donors (Lipinski definition) is 2. The van der Waals surface area contributed by atoms with Crippen LogP contribution in [0, 0.1) is 0 Å². The van der Waals surface area contributed by atoms with E-state index in [0.717, 1.165) is 0 Å². The predicted molar refractivity (Wildman–Crippen MR) is 59.5 cm³/mol. The monoisotopic (exact) mass is 225 g/mol. The van der Waals surface area contributed by atoms with Gasteiger partial charge in [-0.15, -0.1) is 0 Å². The number of aromatic nitrogens is 2. The van der Waals surface area contributed by atoms with Crippen LogP contribution < -0.4 is 10.9 Å². The zero-order chi connectivity index (χ0) is 12.1. The van der Waals surface area contributed by atoms with Gasteiger partial charge in [0.05, 0.1) is 6.42 Å². The van der Waals surface area contributed by atoms with Gasteiger partial charge in [-0.2, -0.15) is 0 Å². The molecule has 6 heteroatoms. The quantitative estimate of drug-likeness (QED) is 0.764. The Bertz CT molecular complexity index is 428. The van der Waals surface area contributed by atoms with Gasteiger partial charge in [0.1, 0.15) is 0 Å². The molecule has 1 heterocycles. The molecule has 0 fully saturated rings. The SMILES string of the molecule is CCn1ccnc(NC(C)CC(=O)O)c1=O. The third kappa shape index (κ3) is 3.08. The Morgan fingerprint density at radius 3 is 2.94 bits per heavy atom. The highest BCUT2D eigenvalue weighted by molar-refractivity contribution is 5.68. The minimum atomic E-state index is -0.910. The number of aliphatic carboxylic acids is 1. The summed E-state index contributed by atoms with van der Waals surface area (Å²) in [5, 5.41) is 11.4. The molecule has 0 saturated heterocycles. The van der Waals surface area contributed by atoms with Crippen LogP contribution in [0.3, 0.4) is 0 Å². The van der Waals surface area contributed by atoms with Gasteiger partial charge in [-0.1, -0.05) is 0 Å². The number of hydrogen-bond acceptors (Lipinski definition) is 4. The van der Waals surface area contributed by atoms with E-state index >= 15 is 0 Å². The van der Waals surface area contributed by atoms with Crippen LogP contribution in [-0.2, 0) is 11.3 Å². The normalized spacial score (nSPS) is 12.1. The fraction of sp³-hybridized carbons (Fsp3) is 0.500. The van der Waals surface area contributed by atoms with E-state index in [1.807, 2.05) is 6.92 Å².